The molecule has 1 aliphatic rings. The van der Waals surface area contributed by atoms with Crippen LogP contribution in [-0.2, 0) is 6.42 Å². The molecule has 2 rings (SSSR count). The first-order chi connectivity index (χ1) is 8.56. The molecule has 1 aliphatic carbocycles. The average molecular weight is 267 g/mol. The third-order valence-corrected chi connectivity index (χ3v) is 3.80. The number of nitriles is 1. The van der Waals surface area contributed by atoms with Crippen molar-refractivity contribution >= 4 is 11.6 Å². The summed E-state index contributed by atoms with van der Waals surface area (Å²) < 4.78 is 13.4. The number of halogens is 2. The fourth-order valence-electron chi connectivity index (χ4n) is 1.91. The van der Waals surface area contributed by atoms with E-state index in [1.807, 2.05) is 0 Å². The van der Waals surface area contributed by atoms with Crippen LogP contribution in [0.15, 0.2) is 12.1 Å². The third-order valence-electron chi connectivity index (χ3n) is 3.45. The van der Waals surface area contributed by atoms with Crippen LogP contribution in [0.4, 0.5) is 4.39 Å². The zero-order valence-electron chi connectivity index (χ0n) is 10.4. The molecule has 0 unspecified atom stereocenters. The Hall–Kier alpha value is -1.11. The van der Waals surface area contributed by atoms with Crippen LogP contribution >= 0.6 is 11.6 Å². The van der Waals surface area contributed by atoms with Crippen molar-refractivity contribution in [2.45, 2.75) is 26.2 Å². The molecule has 0 spiro atoms. The molecule has 1 fully saturated rings. The first-order valence-electron chi connectivity index (χ1n) is 6.13. The lowest BCUT2D eigenvalue weighted by molar-refractivity contribution is 0.558. The van der Waals surface area contributed by atoms with Crippen molar-refractivity contribution in [2.24, 2.45) is 5.41 Å². The zero-order chi connectivity index (χ0) is 13.2. The van der Waals surface area contributed by atoms with E-state index in [0.29, 0.717) is 23.6 Å². The summed E-state index contributed by atoms with van der Waals surface area (Å²) in [6.45, 7) is 3.13. The van der Waals surface area contributed by atoms with Crippen molar-refractivity contribution in [1.82, 2.24) is 5.32 Å². The highest BCUT2D eigenvalue weighted by Crippen LogP contribution is 2.43. The highest BCUT2D eigenvalue weighted by atomic mass is 35.5. The Morgan fingerprint density at radius 1 is 1.50 bits per heavy atom. The van der Waals surface area contributed by atoms with Crippen LogP contribution in [0.3, 0.4) is 0 Å². The smallest absolute Gasteiger partial charge is 0.126 e. The third kappa shape index (κ3) is 3.01. The van der Waals surface area contributed by atoms with Crippen molar-refractivity contribution in [2.75, 3.05) is 13.1 Å². The van der Waals surface area contributed by atoms with E-state index in [0.717, 1.165) is 24.9 Å². The van der Waals surface area contributed by atoms with Crippen molar-refractivity contribution < 1.29 is 4.39 Å². The van der Waals surface area contributed by atoms with Gasteiger partial charge in [0.1, 0.15) is 5.82 Å². The van der Waals surface area contributed by atoms with Crippen LogP contribution in [0.25, 0.3) is 0 Å². The zero-order valence-corrected chi connectivity index (χ0v) is 11.1. The van der Waals surface area contributed by atoms with E-state index < -0.39 is 0 Å². The summed E-state index contributed by atoms with van der Waals surface area (Å²) in [5.74, 6) is -0.218. The summed E-state index contributed by atoms with van der Waals surface area (Å²) in [5, 5.41) is 12.8. The van der Waals surface area contributed by atoms with Gasteiger partial charge in [0.05, 0.1) is 11.5 Å². The Morgan fingerprint density at radius 2 is 2.22 bits per heavy atom. The molecular weight excluding hydrogens is 251 g/mol. The van der Waals surface area contributed by atoms with Gasteiger partial charge in [-0.15, -0.1) is 0 Å². The first-order valence-corrected chi connectivity index (χ1v) is 6.51. The quantitative estimate of drug-likeness (QED) is 0.831. The van der Waals surface area contributed by atoms with E-state index >= 15 is 0 Å². The second-order valence-electron chi connectivity index (χ2n) is 5.01. The van der Waals surface area contributed by atoms with Gasteiger partial charge in [-0.25, -0.2) is 4.39 Å². The lowest BCUT2D eigenvalue weighted by atomic mass is 10.1. The summed E-state index contributed by atoms with van der Waals surface area (Å²) in [5.41, 5.74) is 1.25. The molecule has 1 aromatic rings. The van der Waals surface area contributed by atoms with Gasteiger partial charge in [-0.05, 0) is 56.0 Å². The topological polar surface area (TPSA) is 35.8 Å². The number of nitrogens with zero attached hydrogens (tertiary/aromatic N) is 1. The molecule has 0 saturated heterocycles. The van der Waals surface area contributed by atoms with Crippen molar-refractivity contribution in [3.05, 3.63) is 34.1 Å². The van der Waals surface area contributed by atoms with Crippen molar-refractivity contribution in [1.29, 1.82) is 5.26 Å². The normalized spacial score (nSPS) is 16.3. The second kappa shape index (κ2) is 5.26. The predicted octanol–water partition coefficient (Wildman–Crippen LogP) is 3.22. The Balaban J connectivity index is 1.84. The lowest BCUT2D eigenvalue weighted by Gasteiger charge is -2.09. The molecule has 0 heterocycles. The molecule has 18 heavy (non-hydrogen) atoms. The fraction of sp³-hybridized carbons (Fsp3) is 0.500. The van der Waals surface area contributed by atoms with Crippen molar-refractivity contribution in [3.63, 3.8) is 0 Å². The maximum atomic E-state index is 13.4. The molecule has 1 N–H and O–H groups in total. The summed E-state index contributed by atoms with van der Waals surface area (Å²) in [6, 6.07) is 5.48. The van der Waals surface area contributed by atoms with Gasteiger partial charge in [0.25, 0.3) is 0 Å². The Kier molecular flexibility index (Phi) is 3.89. The number of rotatable bonds is 5. The monoisotopic (exact) mass is 266 g/mol. The number of nitrogens with one attached hydrogen (secondary N) is 1. The first kappa shape index (κ1) is 13.3. The lowest BCUT2D eigenvalue weighted by Crippen LogP contribution is -2.25. The molecule has 2 nitrogen and oxygen atoms in total. The average Bonchev–Trinajstić information content (AvgIpc) is 3.11. The largest absolute Gasteiger partial charge is 0.315 e. The number of hydrogen-bond acceptors (Lipinski definition) is 2. The number of benzene rings is 1. The SMILES string of the molecule is Cc1cc(Cl)c(CCNCC2(C#N)CC2)cc1F. The highest BCUT2D eigenvalue weighted by molar-refractivity contribution is 6.31. The molecular formula is C14H16ClFN2. The number of aryl methyl sites for hydroxylation is 1. The van der Waals surface area contributed by atoms with Gasteiger partial charge in [-0.1, -0.05) is 11.6 Å². The molecule has 0 atom stereocenters. The summed E-state index contributed by atoms with van der Waals surface area (Å²) in [7, 11) is 0. The van der Waals surface area contributed by atoms with Gasteiger partial charge in [0.2, 0.25) is 0 Å². The van der Waals surface area contributed by atoms with E-state index in [1.54, 1.807) is 13.0 Å². The Labute approximate surface area is 112 Å². The molecule has 0 amide bonds. The van der Waals surface area contributed by atoms with Crippen LogP contribution < -0.4 is 5.32 Å². The van der Waals surface area contributed by atoms with Gasteiger partial charge in [-0.3, -0.25) is 0 Å². The fourth-order valence-corrected chi connectivity index (χ4v) is 2.22. The van der Waals surface area contributed by atoms with Crippen molar-refractivity contribution in [3.8, 4) is 6.07 Å². The van der Waals surface area contributed by atoms with Crippen LogP contribution in [0.1, 0.15) is 24.0 Å². The van der Waals surface area contributed by atoms with Gasteiger partial charge in [0, 0.05) is 11.6 Å². The minimum atomic E-state index is -0.218. The molecule has 4 heteroatoms. The summed E-state index contributed by atoms with van der Waals surface area (Å²) >= 11 is 6.06. The minimum Gasteiger partial charge on any atom is -0.315 e. The van der Waals surface area contributed by atoms with Crippen LogP contribution in [-0.4, -0.2) is 13.1 Å². The van der Waals surface area contributed by atoms with Gasteiger partial charge >= 0.3 is 0 Å². The van der Waals surface area contributed by atoms with E-state index in [1.165, 1.54) is 6.07 Å². The molecule has 1 aromatic carbocycles. The van der Waals surface area contributed by atoms with Crippen LogP contribution in [0.5, 0.6) is 0 Å². The van der Waals surface area contributed by atoms with Gasteiger partial charge < -0.3 is 5.32 Å². The Morgan fingerprint density at radius 3 is 2.83 bits per heavy atom. The maximum Gasteiger partial charge on any atom is 0.126 e. The van der Waals surface area contributed by atoms with Gasteiger partial charge in [0.15, 0.2) is 0 Å². The standard InChI is InChI=1S/C14H16ClFN2/c1-10-6-12(15)11(7-13(10)16)2-5-18-9-14(8-17)3-4-14/h6-7,18H,2-5,9H2,1H3. The van der Waals surface area contributed by atoms with Crippen LogP contribution in [0, 0.1) is 29.5 Å². The summed E-state index contributed by atoms with van der Waals surface area (Å²) in [6.07, 6.45) is 2.64. The molecule has 0 aliphatic heterocycles. The predicted molar refractivity (Wildman–Crippen MR) is 70.0 cm³/mol. The maximum absolute atomic E-state index is 13.4. The Bertz CT molecular complexity index is 489. The highest BCUT2D eigenvalue weighted by Gasteiger charge is 2.42. The molecule has 96 valence electrons. The molecule has 1 saturated carbocycles. The van der Waals surface area contributed by atoms with E-state index in [4.69, 9.17) is 16.9 Å². The van der Waals surface area contributed by atoms with Gasteiger partial charge in [-0.2, -0.15) is 5.26 Å². The minimum absolute atomic E-state index is 0.137. The van der Waals surface area contributed by atoms with E-state index in [-0.39, 0.29) is 11.2 Å². The second-order valence-corrected chi connectivity index (χ2v) is 5.42. The van der Waals surface area contributed by atoms with E-state index in [9.17, 15) is 4.39 Å². The number of hydrogen-bond donors (Lipinski definition) is 1. The molecule has 0 radical (unpaired) electrons. The van der Waals surface area contributed by atoms with E-state index in [2.05, 4.69) is 11.4 Å². The van der Waals surface area contributed by atoms with Crippen LogP contribution in [0.2, 0.25) is 5.02 Å². The molecule has 0 bridgehead atoms. The summed E-state index contributed by atoms with van der Waals surface area (Å²) in [4.78, 5) is 0. The molecule has 0 aromatic heterocycles.